The summed E-state index contributed by atoms with van der Waals surface area (Å²) in [6, 6.07) is 0. The highest BCUT2D eigenvalue weighted by Crippen LogP contribution is 2.53. The lowest BCUT2D eigenvalue weighted by molar-refractivity contribution is 0.245. The molecule has 0 aromatic heterocycles. The van der Waals surface area contributed by atoms with Crippen LogP contribution in [0.1, 0.15) is 52.5 Å². The lowest BCUT2D eigenvalue weighted by Crippen LogP contribution is -2.06. The van der Waals surface area contributed by atoms with E-state index in [2.05, 4.69) is 6.92 Å². The number of benzene rings is 1. The molecule has 0 aliphatic heterocycles. The zero-order valence-electron chi connectivity index (χ0n) is 14.1. The van der Waals surface area contributed by atoms with Crippen molar-refractivity contribution >= 4 is 0 Å². The largest absolute Gasteiger partial charge is 0.504 e. The minimum atomic E-state index is -0.278. The Labute approximate surface area is 132 Å². The maximum Gasteiger partial charge on any atom is 0.211 e. The molecule has 0 unspecified atom stereocenters. The molecule has 0 aliphatic carbocycles. The van der Waals surface area contributed by atoms with Crippen molar-refractivity contribution in [3.63, 3.8) is 0 Å². The third-order valence-corrected chi connectivity index (χ3v) is 3.31. The van der Waals surface area contributed by atoms with Crippen molar-refractivity contribution in [1.29, 1.82) is 0 Å². The number of ether oxygens (including phenoxy) is 3. The second kappa shape index (κ2) is 9.28. The van der Waals surface area contributed by atoms with Gasteiger partial charge in [-0.05, 0) is 33.6 Å². The SMILES string of the molecule is CCCCCc1c(O)c(O)c(OCC)c(OCC)c1OCC. The van der Waals surface area contributed by atoms with Crippen LogP contribution in [0.15, 0.2) is 0 Å². The van der Waals surface area contributed by atoms with Gasteiger partial charge < -0.3 is 24.4 Å². The van der Waals surface area contributed by atoms with Crippen LogP contribution >= 0.6 is 0 Å². The van der Waals surface area contributed by atoms with Crippen molar-refractivity contribution < 1.29 is 24.4 Å². The van der Waals surface area contributed by atoms with Gasteiger partial charge in [0.1, 0.15) is 0 Å². The van der Waals surface area contributed by atoms with Gasteiger partial charge in [0, 0.05) is 5.56 Å². The van der Waals surface area contributed by atoms with Gasteiger partial charge in [0.15, 0.2) is 11.5 Å². The highest BCUT2D eigenvalue weighted by atomic mass is 16.5. The van der Waals surface area contributed by atoms with E-state index in [-0.39, 0.29) is 17.2 Å². The van der Waals surface area contributed by atoms with Gasteiger partial charge in [-0.15, -0.1) is 0 Å². The summed E-state index contributed by atoms with van der Waals surface area (Å²) >= 11 is 0. The maximum atomic E-state index is 10.3. The Kier molecular flexibility index (Phi) is 7.71. The zero-order valence-corrected chi connectivity index (χ0v) is 14.1. The zero-order chi connectivity index (χ0) is 16.5. The Hall–Kier alpha value is -1.78. The molecule has 0 bridgehead atoms. The first-order chi connectivity index (χ1) is 10.6. The Bertz CT molecular complexity index is 471. The molecule has 0 radical (unpaired) electrons. The molecule has 2 N–H and O–H groups in total. The predicted octanol–water partition coefficient (Wildman–Crippen LogP) is 4.03. The molecular formula is C17H28O5. The number of hydrogen-bond donors (Lipinski definition) is 2. The topological polar surface area (TPSA) is 68.2 Å². The van der Waals surface area contributed by atoms with E-state index in [4.69, 9.17) is 14.2 Å². The van der Waals surface area contributed by atoms with E-state index in [9.17, 15) is 10.2 Å². The molecule has 0 fully saturated rings. The van der Waals surface area contributed by atoms with E-state index in [1.165, 1.54) is 0 Å². The van der Waals surface area contributed by atoms with E-state index in [0.29, 0.717) is 43.3 Å². The standard InChI is InChI=1S/C17H28O5/c1-5-9-10-11-12-13(18)14(19)16(21-7-3)17(22-8-4)15(12)20-6-2/h18-19H,5-11H2,1-4H3. The van der Waals surface area contributed by atoms with Gasteiger partial charge in [0.05, 0.1) is 19.8 Å². The molecule has 0 spiro atoms. The van der Waals surface area contributed by atoms with E-state index in [1.807, 2.05) is 20.8 Å². The van der Waals surface area contributed by atoms with Gasteiger partial charge in [-0.2, -0.15) is 0 Å². The molecule has 0 saturated carbocycles. The Morgan fingerprint density at radius 2 is 1.23 bits per heavy atom. The van der Waals surface area contributed by atoms with Crippen LogP contribution in [-0.2, 0) is 6.42 Å². The summed E-state index contributed by atoms with van der Waals surface area (Å²) in [7, 11) is 0. The van der Waals surface area contributed by atoms with E-state index >= 15 is 0 Å². The lowest BCUT2D eigenvalue weighted by Gasteiger charge is -2.21. The van der Waals surface area contributed by atoms with Crippen LogP contribution in [0.2, 0.25) is 0 Å². The number of hydrogen-bond acceptors (Lipinski definition) is 5. The van der Waals surface area contributed by atoms with Crippen molar-refractivity contribution in [3.8, 4) is 28.7 Å². The van der Waals surface area contributed by atoms with Gasteiger partial charge in [-0.3, -0.25) is 0 Å². The second-order valence-corrected chi connectivity index (χ2v) is 4.92. The smallest absolute Gasteiger partial charge is 0.211 e. The molecule has 0 heterocycles. The van der Waals surface area contributed by atoms with Crippen LogP contribution in [0.25, 0.3) is 0 Å². The van der Waals surface area contributed by atoms with Crippen molar-refractivity contribution in [1.82, 2.24) is 0 Å². The molecule has 5 heteroatoms. The van der Waals surface area contributed by atoms with E-state index in [0.717, 1.165) is 19.3 Å². The monoisotopic (exact) mass is 312 g/mol. The van der Waals surface area contributed by atoms with E-state index in [1.54, 1.807) is 0 Å². The molecule has 22 heavy (non-hydrogen) atoms. The van der Waals surface area contributed by atoms with Crippen LogP contribution in [-0.4, -0.2) is 30.0 Å². The summed E-state index contributed by atoms with van der Waals surface area (Å²) < 4.78 is 16.8. The molecule has 1 rings (SSSR count). The summed E-state index contributed by atoms with van der Waals surface area (Å²) in [5, 5.41) is 20.6. The molecule has 0 amide bonds. The highest BCUT2D eigenvalue weighted by molar-refractivity contribution is 5.69. The minimum Gasteiger partial charge on any atom is -0.504 e. The first-order valence-electron chi connectivity index (χ1n) is 8.11. The maximum absolute atomic E-state index is 10.3. The third-order valence-electron chi connectivity index (χ3n) is 3.31. The summed E-state index contributed by atoms with van der Waals surface area (Å²) in [5.41, 5.74) is 0.583. The van der Waals surface area contributed by atoms with Crippen LogP contribution < -0.4 is 14.2 Å². The molecule has 1 aromatic rings. The van der Waals surface area contributed by atoms with Crippen molar-refractivity contribution in [2.75, 3.05) is 19.8 Å². The fourth-order valence-corrected chi connectivity index (χ4v) is 2.34. The van der Waals surface area contributed by atoms with Gasteiger partial charge in [0.2, 0.25) is 17.2 Å². The fraction of sp³-hybridized carbons (Fsp3) is 0.647. The summed E-state index contributed by atoms with van der Waals surface area (Å²) in [4.78, 5) is 0. The molecule has 126 valence electrons. The van der Waals surface area contributed by atoms with Gasteiger partial charge in [0.25, 0.3) is 0 Å². The molecule has 5 nitrogen and oxygen atoms in total. The molecule has 1 aromatic carbocycles. The van der Waals surface area contributed by atoms with Crippen molar-refractivity contribution in [2.45, 2.75) is 53.4 Å². The molecule has 0 saturated heterocycles. The average molecular weight is 312 g/mol. The Morgan fingerprint density at radius 1 is 0.682 bits per heavy atom. The fourth-order valence-electron chi connectivity index (χ4n) is 2.34. The second-order valence-electron chi connectivity index (χ2n) is 4.92. The summed E-state index contributed by atoms with van der Waals surface area (Å²) in [6.07, 6.45) is 3.65. The number of phenols is 2. The normalized spacial score (nSPS) is 10.5. The van der Waals surface area contributed by atoms with Crippen molar-refractivity contribution in [2.24, 2.45) is 0 Å². The highest BCUT2D eigenvalue weighted by Gasteiger charge is 2.26. The van der Waals surface area contributed by atoms with Crippen LogP contribution in [0.5, 0.6) is 28.7 Å². The summed E-state index contributed by atoms with van der Waals surface area (Å²) in [5.74, 6) is 0.531. The molecule has 0 atom stereocenters. The van der Waals surface area contributed by atoms with E-state index < -0.39 is 0 Å². The minimum absolute atomic E-state index is 0.143. The first kappa shape index (κ1) is 18.3. The van der Waals surface area contributed by atoms with Gasteiger partial charge in [-0.25, -0.2) is 0 Å². The Morgan fingerprint density at radius 3 is 1.77 bits per heavy atom. The quantitative estimate of drug-likeness (QED) is 0.504. The lowest BCUT2D eigenvalue weighted by atomic mass is 10.0. The summed E-state index contributed by atoms with van der Waals surface area (Å²) in [6.45, 7) is 8.86. The molecule has 0 aliphatic rings. The van der Waals surface area contributed by atoms with Crippen LogP contribution in [0.4, 0.5) is 0 Å². The number of phenolic OH excluding ortho intramolecular Hbond substituents is 2. The third kappa shape index (κ3) is 4.12. The van der Waals surface area contributed by atoms with Crippen LogP contribution in [0, 0.1) is 0 Å². The van der Waals surface area contributed by atoms with Crippen LogP contribution in [0.3, 0.4) is 0 Å². The Balaban J connectivity index is 3.39. The predicted molar refractivity (Wildman–Crippen MR) is 86.5 cm³/mol. The average Bonchev–Trinajstić information content (AvgIpc) is 2.51. The van der Waals surface area contributed by atoms with Gasteiger partial charge in [-0.1, -0.05) is 19.8 Å². The number of aromatic hydroxyl groups is 2. The number of rotatable bonds is 10. The number of unbranched alkanes of at least 4 members (excludes halogenated alkanes) is 2. The van der Waals surface area contributed by atoms with Gasteiger partial charge >= 0.3 is 0 Å². The molecular weight excluding hydrogens is 284 g/mol. The van der Waals surface area contributed by atoms with Crippen molar-refractivity contribution in [3.05, 3.63) is 5.56 Å². The first-order valence-corrected chi connectivity index (χ1v) is 8.11.